The van der Waals surface area contributed by atoms with E-state index in [1.165, 1.54) is 4.88 Å². The number of piperazine rings is 1. The molecule has 1 fully saturated rings. The van der Waals surface area contributed by atoms with E-state index >= 15 is 0 Å². The van der Waals surface area contributed by atoms with Crippen LogP contribution in [-0.4, -0.2) is 47.5 Å². The second-order valence-corrected chi connectivity index (χ2v) is 8.62. The molecule has 0 radical (unpaired) electrons. The highest BCUT2D eigenvalue weighted by atomic mass is 79.9. The predicted molar refractivity (Wildman–Crippen MR) is 110 cm³/mol. The first-order valence-electron chi connectivity index (χ1n) is 8.23. The van der Waals surface area contributed by atoms with Crippen molar-refractivity contribution in [3.8, 4) is 11.1 Å². The van der Waals surface area contributed by atoms with Gasteiger partial charge in [-0.3, -0.25) is 4.79 Å². The van der Waals surface area contributed by atoms with Gasteiger partial charge in [-0.2, -0.15) is 4.98 Å². The van der Waals surface area contributed by atoms with Crippen molar-refractivity contribution in [2.24, 2.45) is 0 Å². The monoisotopic (exact) mass is 450 g/mol. The molecule has 1 saturated heterocycles. The number of rotatable bonds is 3. The molecule has 1 aliphatic heterocycles. The van der Waals surface area contributed by atoms with Crippen LogP contribution in [0.5, 0.6) is 0 Å². The summed E-state index contributed by atoms with van der Waals surface area (Å²) in [7, 11) is 0. The highest BCUT2D eigenvalue weighted by molar-refractivity contribution is 9.10. The number of thiophene rings is 1. The summed E-state index contributed by atoms with van der Waals surface area (Å²) in [6.07, 6.45) is 0.905. The second kappa shape index (κ2) is 7.13. The maximum Gasteiger partial charge on any atom is 0.225 e. The van der Waals surface area contributed by atoms with Crippen molar-refractivity contribution >= 4 is 61.3 Å². The van der Waals surface area contributed by atoms with Crippen molar-refractivity contribution in [3.05, 3.63) is 38.9 Å². The van der Waals surface area contributed by atoms with Crippen LogP contribution in [0.15, 0.2) is 28.7 Å². The minimum Gasteiger partial charge on any atom is -0.352 e. The van der Waals surface area contributed by atoms with Gasteiger partial charge in [0.1, 0.15) is 10.6 Å². The van der Waals surface area contributed by atoms with Crippen molar-refractivity contribution in [2.75, 3.05) is 31.1 Å². The lowest BCUT2D eigenvalue weighted by Gasteiger charge is -2.33. The zero-order valence-corrected chi connectivity index (χ0v) is 17.2. The number of carbonyl (C=O) groups is 1. The summed E-state index contributed by atoms with van der Waals surface area (Å²) in [6, 6.07) is 8.28. The number of halogens is 2. The SMILES string of the molecule is Cc1sc2nc(Cl)nc(N3CCN(C=O)CC3)c2c1-c1ccc(Br)cc1. The van der Waals surface area contributed by atoms with Gasteiger partial charge in [0.05, 0.1) is 5.39 Å². The molecule has 0 bridgehead atoms. The van der Waals surface area contributed by atoms with Crippen LogP contribution in [0.4, 0.5) is 5.82 Å². The molecule has 8 heteroatoms. The fourth-order valence-electron chi connectivity index (χ4n) is 3.30. The van der Waals surface area contributed by atoms with E-state index in [0.29, 0.717) is 13.1 Å². The molecule has 0 spiro atoms. The first-order valence-corrected chi connectivity index (χ1v) is 10.2. The van der Waals surface area contributed by atoms with Crippen LogP contribution in [0.3, 0.4) is 0 Å². The predicted octanol–water partition coefficient (Wildman–Crippen LogP) is 4.36. The van der Waals surface area contributed by atoms with Crippen molar-refractivity contribution < 1.29 is 4.79 Å². The van der Waals surface area contributed by atoms with Gasteiger partial charge < -0.3 is 9.80 Å². The summed E-state index contributed by atoms with van der Waals surface area (Å²) in [5.74, 6) is 0.854. The Bertz CT molecular complexity index is 967. The zero-order chi connectivity index (χ0) is 18.3. The van der Waals surface area contributed by atoms with E-state index in [2.05, 4.69) is 49.9 Å². The number of carbonyl (C=O) groups excluding carboxylic acids is 1. The van der Waals surface area contributed by atoms with Gasteiger partial charge in [-0.15, -0.1) is 11.3 Å². The summed E-state index contributed by atoms with van der Waals surface area (Å²) >= 11 is 11.3. The summed E-state index contributed by atoms with van der Waals surface area (Å²) in [5, 5.41) is 1.30. The third kappa shape index (κ3) is 3.19. The highest BCUT2D eigenvalue weighted by Gasteiger charge is 2.24. The number of amides is 1. The lowest BCUT2D eigenvalue weighted by atomic mass is 10.0. The van der Waals surface area contributed by atoms with Gasteiger partial charge in [-0.1, -0.05) is 28.1 Å². The molecule has 2 aromatic heterocycles. The number of anilines is 1. The number of aromatic nitrogens is 2. The maximum absolute atomic E-state index is 11.0. The van der Waals surface area contributed by atoms with Gasteiger partial charge in [-0.05, 0) is 36.2 Å². The maximum atomic E-state index is 11.0. The smallest absolute Gasteiger partial charge is 0.225 e. The second-order valence-electron chi connectivity index (χ2n) is 6.16. The molecule has 0 unspecified atom stereocenters. The van der Waals surface area contributed by atoms with Crippen LogP contribution in [0, 0.1) is 6.92 Å². The summed E-state index contributed by atoms with van der Waals surface area (Å²) in [5.41, 5.74) is 2.29. The molecular weight excluding hydrogens is 436 g/mol. The molecule has 0 N–H and O–H groups in total. The van der Waals surface area contributed by atoms with Gasteiger partial charge in [-0.25, -0.2) is 4.98 Å². The van der Waals surface area contributed by atoms with Crippen molar-refractivity contribution in [2.45, 2.75) is 6.92 Å². The van der Waals surface area contributed by atoms with Crippen LogP contribution in [0.25, 0.3) is 21.3 Å². The van der Waals surface area contributed by atoms with Gasteiger partial charge in [0, 0.05) is 41.1 Å². The van der Waals surface area contributed by atoms with Crippen molar-refractivity contribution in [1.82, 2.24) is 14.9 Å². The van der Waals surface area contributed by atoms with Gasteiger partial charge in [0.15, 0.2) is 0 Å². The van der Waals surface area contributed by atoms with Crippen LogP contribution in [0.1, 0.15) is 4.88 Å². The molecule has 0 aliphatic carbocycles. The fraction of sp³-hybridized carbons (Fsp3) is 0.278. The molecule has 26 heavy (non-hydrogen) atoms. The summed E-state index contributed by atoms with van der Waals surface area (Å²) in [4.78, 5) is 26.1. The van der Waals surface area contributed by atoms with Crippen LogP contribution in [0.2, 0.25) is 5.28 Å². The Balaban J connectivity index is 1.87. The average Bonchev–Trinajstić information content (AvgIpc) is 2.97. The van der Waals surface area contributed by atoms with E-state index < -0.39 is 0 Å². The normalized spacial score (nSPS) is 14.9. The standard InChI is InChI=1S/C18H16BrClN4OS/c1-11-14(12-2-4-13(19)5-3-12)15-16(21-18(20)22-17(15)26-11)24-8-6-23(10-25)7-9-24/h2-5,10H,6-9H2,1H3. The molecule has 0 saturated carbocycles. The zero-order valence-electron chi connectivity index (χ0n) is 14.1. The Morgan fingerprint density at radius 2 is 1.85 bits per heavy atom. The van der Waals surface area contributed by atoms with Crippen LogP contribution < -0.4 is 4.90 Å². The average molecular weight is 452 g/mol. The van der Waals surface area contributed by atoms with Crippen molar-refractivity contribution in [3.63, 3.8) is 0 Å². The number of nitrogens with zero attached hydrogens (tertiary/aromatic N) is 4. The molecule has 1 aliphatic rings. The molecule has 134 valence electrons. The van der Waals surface area contributed by atoms with Gasteiger partial charge >= 0.3 is 0 Å². The molecule has 1 aromatic carbocycles. The van der Waals surface area contributed by atoms with Gasteiger partial charge in [0.2, 0.25) is 11.7 Å². The van der Waals surface area contributed by atoms with E-state index in [1.807, 2.05) is 12.1 Å². The van der Waals surface area contributed by atoms with E-state index in [-0.39, 0.29) is 5.28 Å². The summed E-state index contributed by atoms with van der Waals surface area (Å²) < 4.78 is 1.04. The molecule has 3 aromatic rings. The Kier molecular flexibility index (Phi) is 4.86. The Labute approximate surface area is 168 Å². The largest absolute Gasteiger partial charge is 0.352 e. The number of hydrogen-bond donors (Lipinski definition) is 0. The molecule has 3 heterocycles. The molecule has 5 nitrogen and oxygen atoms in total. The molecular formula is C18H16BrClN4OS. The molecule has 0 atom stereocenters. The van der Waals surface area contributed by atoms with E-state index in [1.54, 1.807) is 16.2 Å². The lowest BCUT2D eigenvalue weighted by molar-refractivity contribution is -0.118. The lowest BCUT2D eigenvalue weighted by Crippen LogP contribution is -2.46. The third-order valence-corrected chi connectivity index (χ3v) is 6.27. The van der Waals surface area contributed by atoms with E-state index in [4.69, 9.17) is 11.6 Å². The first kappa shape index (κ1) is 17.7. The van der Waals surface area contributed by atoms with Crippen LogP contribution in [-0.2, 0) is 4.79 Å². The minimum atomic E-state index is 0.258. The molecule has 4 rings (SSSR count). The Morgan fingerprint density at radius 3 is 2.50 bits per heavy atom. The topological polar surface area (TPSA) is 49.3 Å². The number of aryl methyl sites for hydroxylation is 1. The fourth-order valence-corrected chi connectivity index (χ4v) is 4.82. The van der Waals surface area contributed by atoms with E-state index in [0.717, 1.165) is 51.1 Å². The number of fused-ring (bicyclic) bond motifs is 1. The van der Waals surface area contributed by atoms with Crippen molar-refractivity contribution in [1.29, 1.82) is 0 Å². The Morgan fingerprint density at radius 1 is 1.15 bits per heavy atom. The van der Waals surface area contributed by atoms with Gasteiger partial charge in [0.25, 0.3) is 0 Å². The number of hydrogen-bond acceptors (Lipinski definition) is 5. The van der Waals surface area contributed by atoms with Crippen LogP contribution >= 0.6 is 38.9 Å². The number of benzene rings is 1. The highest BCUT2D eigenvalue weighted by Crippen LogP contribution is 2.42. The quantitative estimate of drug-likeness (QED) is 0.438. The molecule has 1 amide bonds. The first-order chi connectivity index (χ1) is 12.6. The third-order valence-electron chi connectivity index (χ3n) is 4.58. The Hall–Kier alpha value is -1.70. The summed E-state index contributed by atoms with van der Waals surface area (Å²) in [6.45, 7) is 4.93. The minimum absolute atomic E-state index is 0.258. The van der Waals surface area contributed by atoms with E-state index in [9.17, 15) is 4.79 Å².